The molecule has 2 heterocycles. The molecule has 0 bridgehead atoms. The Hall–Kier alpha value is -2.35. The van der Waals surface area contributed by atoms with E-state index in [2.05, 4.69) is 0 Å². The molecule has 0 saturated carbocycles. The summed E-state index contributed by atoms with van der Waals surface area (Å²) in [6.07, 6.45) is 2.47. The predicted molar refractivity (Wildman–Crippen MR) is 96.9 cm³/mol. The summed E-state index contributed by atoms with van der Waals surface area (Å²) in [4.78, 5) is 27.2. The summed E-state index contributed by atoms with van der Waals surface area (Å²) in [5.74, 6) is -0.933. The molecular weight excluding hydrogens is 356 g/mol. The first kappa shape index (κ1) is 18.4. The molecule has 0 aliphatic carbocycles. The Bertz CT molecular complexity index is 783. The molecular formula is C18H22N2O5S. The predicted octanol–water partition coefficient (Wildman–Crippen LogP) is 1.52. The minimum Gasteiger partial charge on any atom is -0.448 e. The molecule has 0 aromatic heterocycles. The first-order chi connectivity index (χ1) is 12.4. The Morgan fingerprint density at radius 2 is 1.85 bits per heavy atom. The van der Waals surface area contributed by atoms with Crippen molar-refractivity contribution in [3.63, 3.8) is 0 Å². The van der Waals surface area contributed by atoms with Crippen LogP contribution in [0.5, 0.6) is 0 Å². The van der Waals surface area contributed by atoms with Crippen molar-refractivity contribution >= 4 is 27.9 Å². The number of amides is 2. The summed E-state index contributed by atoms with van der Waals surface area (Å²) in [5, 5.41) is 1.09. The molecule has 0 unspecified atom stereocenters. The molecule has 0 atom stereocenters. The molecule has 0 radical (unpaired) electrons. The number of cyclic esters (lactones) is 1. The molecule has 0 spiro atoms. The third-order valence-electron chi connectivity index (χ3n) is 4.64. The highest BCUT2D eigenvalue weighted by Crippen LogP contribution is 2.20. The van der Waals surface area contributed by atoms with Gasteiger partial charge in [-0.1, -0.05) is 30.3 Å². The maximum atomic E-state index is 12.3. The van der Waals surface area contributed by atoms with Crippen molar-refractivity contribution in [2.75, 3.05) is 32.0 Å². The molecule has 3 rings (SSSR count). The molecule has 2 saturated heterocycles. The van der Waals surface area contributed by atoms with Crippen LogP contribution in [-0.2, 0) is 19.4 Å². The Kier molecular flexibility index (Phi) is 5.61. The second-order valence-electron chi connectivity index (χ2n) is 6.44. The summed E-state index contributed by atoms with van der Waals surface area (Å²) in [6, 6.07) is 9.13. The fourth-order valence-corrected chi connectivity index (χ4v) is 4.21. The van der Waals surface area contributed by atoms with Crippen LogP contribution >= 0.6 is 0 Å². The highest BCUT2D eigenvalue weighted by atomic mass is 32.2. The highest BCUT2D eigenvalue weighted by molar-refractivity contribution is 7.95. The third-order valence-corrected chi connectivity index (χ3v) is 5.84. The van der Waals surface area contributed by atoms with E-state index in [1.807, 2.05) is 18.2 Å². The van der Waals surface area contributed by atoms with Crippen LogP contribution < -0.4 is 0 Å². The van der Waals surface area contributed by atoms with Crippen LogP contribution in [-0.4, -0.2) is 68.3 Å². The van der Waals surface area contributed by atoms with Crippen molar-refractivity contribution in [2.24, 2.45) is 0 Å². The van der Waals surface area contributed by atoms with Gasteiger partial charge >= 0.3 is 6.09 Å². The van der Waals surface area contributed by atoms with Crippen LogP contribution in [0.1, 0.15) is 18.4 Å². The summed E-state index contributed by atoms with van der Waals surface area (Å²) in [6.45, 7) is 1.89. The monoisotopic (exact) mass is 378 g/mol. The van der Waals surface area contributed by atoms with Crippen LogP contribution in [0.2, 0.25) is 0 Å². The molecule has 0 N–H and O–H groups in total. The zero-order chi connectivity index (χ0) is 18.6. The van der Waals surface area contributed by atoms with E-state index >= 15 is 0 Å². The number of piperidine rings is 1. The first-order valence-corrected chi connectivity index (χ1v) is 10.3. The van der Waals surface area contributed by atoms with Gasteiger partial charge in [-0.15, -0.1) is 0 Å². The lowest BCUT2D eigenvalue weighted by Crippen LogP contribution is -2.48. The van der Waals surface area contributed by atoms with E-state index < -0.39 is 21.5 Å². The number of carbonyl (C=O) groups is 2. The quantitative estimate of drug-likeness (QED) is 0.776. The van der Waals surface area contributed by atoms with E-state index in [1.54, 1.807) is 21.9 Å². The zero-order valence-electron chi connectivity index (χ0n) is 14.4. The minimum absolute atomic E-state index is 0.0589. The normalized spacial score (nSPS) is 19.2. The van der Waals surface area contributed by atoms with Gasteiger partial charge in [-0.25, -0.2) is 13.2 Å². The number of rotatable bonds is 5. The standard InChI is InChI=1S/C18H22N2O5S/c21-17(14-26(23,24)13-8-15-4-2-1-3-5-15)19-9-6-16(7-10-19)20-11-12-25-18(20)22/h1-5,8,13,16H,6-7,9-12,14H2. The molecule has 2 amide bonds. The van der Waals surface area contributed by atoms with Gasteiger partial charge < -0.3 is 14.5 Å². The van der Waals surface area contributed by atoms with Crippen LogP contribution in [0.25, 0.3) is 6.08 Å². The molecule has 7 nitrogen and oxygen atoms in total. The van der Waals surface area contributed by atoms with Crippen LogP contribution in [0.3, 0.4) is 0 Å². The zero-order valence-corrected chi connectivity index (χ0v) is 15.2. The maximum Gasteiger partial charge on any atom is 0.410 e. The van der Waals surface area contributed by atoms with Crippen LogP contribution in [0, 0.1) is 0 Å². The van der Waals surface area contributed by atoms with Gasteiger partial charge in [-0.3, -0.25) is 4.79 Å². The van der Waals surface area contributed by atoms with E-state index in [0.29, 0.717) is 39.1 Å². The Morgan fingerprint density at radius 3 is 2.46 bits per heavy atom. The molecule has 8 heteroatoms. The summed E-state index contributed by atoms with van der Waals surface area (Å²) < 4.78 is 29.3. The summed E-state index contributed by atoms with van der Waals surface area (Å²) in [7, 11) is -3.62. The Labute approximate surface area is 153 Å². The van der Waals surface area contributed by atoms with E-state index in [4.69, 9.17) is 4.74 Å². The van der Waals surface area contributed by atoms with Gasteiger partial charge in [-0.05, 0) is 24.5 Å². The number of benzene rings is 1. The SMILES string of the molecule is O=C(CS(=O)(=O)C=Cc1ccccc1)N1CCC(N2CCOC2=O)CC1. The fraction of sp³-hybridized carbons (Fsp3) is 0.444. The van der Waals surface area contributed by atoms with Gasteiger partial charge in [-0.2, -0.15) is 0 Å². The average Bonchev–Trinajstić information content (AvgIpc) is 3.07. The minimum atomic E-state index is -3.62. The van der Waals surface area contributed by atoms with E-state index in [0.717, 1.165) is 11.0 Å². The Morgan fingerprint density at radius 1 is 1.15 bits per heavy atom. The number of sulfone groups is 1. The molecule has 2 aliphatic heterocycles. The lowest BCUT2D eigenvalue weighted by atomic mass is 10.0. The number of ether oxygens (including phenoxy) is 1. The first-order valence-electron chi connectivity index (χ1n) is 8.62. The Balaban J connectivity index is 1.52. The third kappa shape index (κ3) is 4.63. The van der Waals surface area contributed by atoms with Gasteiger partial charge in [0.2, 0.25) is 5.91 Å². The van der Waals surface area contributed by atoms with Crippen molar-refractivity contribution in [3.05, 3.63) is 41.3 Å². The van der Waals surface area contributed by atoms with Gasteiger partial charge in [0.1, 0.15) is 12.4 Å². The van der Waals surface area contributed by atoms with E-state index in [9.17, 15) is 18.0 Å². The topological polar surface area (TPSA) is 84.0 Å². The largest absolute Gasteiger partial charge is 0.448 e. The molecule has 2 aliphatic rings. The van der Waals surface area contributed by atoms with E-state index in [-0.39, 0.29) is 12.1 Å². The van der Waals surface area contributed by atoms with Gasteiger partial charge in [0.15, 0.2) is 9.84 Å². The van der Waals surface area contributed by atoms with Crippen molar-refractivity contribution in [3.8, 4) is 0 Å². The van der Waals surface area contributed by atoms with Crippen molar-refractivity contribution in [1.29, 1.82) is 0 Å². The average molecular weight is 378 g/mol. The number of likely N-dealkylation sites (tertiary alicyclic amines) is 1. The highest BCUT2D eigenvalue weighted by Gasteiger charge is 2.33. The summed E-state index contributed by atoms with van der Waals surface area (Å²) in [5.41, 5.74) is 0.766. The van der Waals surface area contributed by atoms with E-state index in [1.165, 1.54) is 6.08 Å². The van der Waals surface area contributed by atoms with Gasteiger partial charge in [0.05, 0.1) is 6.54 Å². The van der Waals surface area contributed by atoms with Crippen molar-refractivity contribution in [2.45, 2.75) is 18.9 Å². The van der Waals surface area contributed by atoms with Gasteiger partial charge in [0, 0.05) is 24.5 Å². The smallest absolute Gasteiger partial charge is 0.410 e. The number of hydrogen-bond acceptors (Lipinski definition) is 5. The lowest BCUT2D eigenvalue weighted by molar-refractivity contribution is -0.129. The molecule has 1 aromatic carbocycles. The molecule has 140 valence electrons. The lowest BCUT2D eigenvalue weighted by Gasteiger charge is -2.35. The van der Waals surface area contributed by atoms with Crippen LogP contribution in [0.4, 0.5) is 4.79 Å². The number of nitrogens with zero attached hydrogens (tertiary/aromatic N) is 2. The second-order valence-corrected chi connectivity index (χ2v) is 8.33. The number of carbonyl (C=O) groups excluding carboxylic acids is 2. The molecule has 26 heavy (non-hydrogen) atoms. The van der Waals surface area contributed by atoms with Crippen molar-refractivity contribution in [1.82, 2.24) is 9.80 Å². The number of hydrogen-bond donors (Lipinski definition) is 0. The van der Waals surface area contributed by atoms with Crippen LogP contribution in [0.15, 0.2) is 35.7 Å². The molecule has 2 fully saturated rings. The summed E-state index contributed by atoms with van der Waals surface area (Å²) >= 11 is 0. The second kappa shape index (κ2) is 7.90. The van der Waals surface area contributed by atoms with Gasteiger partial charge in [0.25, 0.3) is 0 Å². The maximum absolute atomic E-state index is 12.3. The molecule has 1 aromatic rings. The van der Waals surface area contributed by atoms with Crippen molar-refractivity contribution < 1.29 is 22.7 Å². The fourth-order valence-electron chi connectivity index (χ4n) is 3.22.